The van der Waals surface area contributed by atoms with Crippen LogP contribution in [0.1, 0.15) is 26.7 Å². The molecule has 1 atom stereocenters. The number of aliphatic hydroxyl groups is 1. The summed E-state index contributed by atoms with van der Waals surface area (Å²) >= 11 is 0. The molecule has 1 heterocycles. The van der Waals surface area contributed by atoms with Gasteiger partial charge in [-0.15, -0.1) is 0 Å². The van der Waals surface area contributed by atoms with E-state index in [9.17, 15) is 4.79 Å². The van der Waals surface area contributed by atoms with Gasteiger partial charge in [-0.05, 0) is 26.7 Å². The summed E-state index contributed by atoms with van der Waals surface area (Å²) in [4.78, 5) is 12.2. The Kier molecular flexibility index (Phi) is 2.28. The third kappa shape index (κ3) is 1.39. The van der Waals surface area contributed by atoms with Crippen molar-refractivity contribution in [3.63, 3.8) is 0 Å². The van der Waals surface area contributed by atoms with Crippen molar-refractivity contribution in [2.24, 2.45) is 0 Å². The Hall–Kier alpha value is -0.770. The minimum atomic E-state index is -0.934. The van der Waals surface area contributed by atoms with Gasteiger partial charge in [-0.3, -0.25) is 4.90 Å². The van der Waals surface area contributed by atoms with Crippen molar-refractivity contribution in [2.75, 3.05) is 6.61 Å². The second-order valence-electron chi connectivity index (χ2n) is 3.84. The highest BCUT2D eigenvalue weighted by Gasteiger charge is 2.42. The Morgan fingerprint density at radius 1 is 1.67 bits per heavy atom. The van der Waals surface area contributed by atoms with E-state index in [0.29, 0.717) is 0 Å². The maximum atomic E-state index is 10.8. The fourth-order valence-electron chi connectivity index (χ4n) is 1.85. The first kappa shape index (κ1) is 9.32. The van der Waals surface area contributed by atoms with E-state index in [1.54, 1.807) is 0 Å². The van der Waals surface area contributed by atoms with Crippen molar-refractivity contribution in [1.82, 2.24) is 4.90 Å². The summed E-state index contributed by atoms with van der Waals surface area (Å²) in [5, 5.41) is 17.8. The molecular formula is C8H15NO3. The van der Waals surface area contributed by atoms with E-state index < -0.39 is 6.09 Å². The van der Waals surface area contributed by atoms with Gasteiger partial charge in [0.05, 0.1) is 12.6 Å². The smallest absolute Gasteiger partial charge is 0.408 e. The molecule has 12 heavy (non-hydrogen) atoms. The van der Waals surface area contributed by atoms with Gasteiger partial charge in [0.15, 0.2) is 0 Å². The number of rotatable bonds is 1. The second kappa shape index (κ2) is 2.94. The van der Waals surface area contributed by atoms with Gasteiger partial charge in [0, 0.05) is 5.54 Å². The molecule has 0 spiro atoms. The molecule has 0 aromatic carbocycles. The van der Waals surface area contributed by atoms with Crippen LogP contribution in [0.3, 0.4) is 0 Å². The van der Waals surface area contributed by atoms with Crippen LogP contribution in [0.4, 0.5) is 4.79 Å². The average molecular weight is 173 g/mol. The summed E-state index contributed by atoms with van der Waals surface area (Å²) < 4.78 is 0. The van der Waals surface area contributed by atoms with E-state index in [1.807, 2.05) is 13.8 Å². The van der Waals surface area contributed by atoms with Crippen LogP contribution in [-0.2, 0) is 0 Å². The van der Waals surface area contributed by atoms with Crippen molar-refractivity contribution >= 4 is 6.09 Å². The highest BCUT2D eigenvalue weighted by Crippen LogP contribution is 2.32. The molecule has 1 aliphatic rings. The van der Waals surface area contributed by atoms with Gasteiger partial charge in [-0.25, -0.2) is 4.79 Å². The molecule has 0 aromatic heterocycles. The lowest BCUT2D eigenvalue weighted by Gasteiger charge is -2.32. The van der Waals surface area contributed by atoms with Crippen molar-refractivity contribution in [1.29, 1.82) is 0 Å². The summed E-state index contributed by atoms with van der Waals surface area (Å²) in [5.41, 5.74) is -0.320. The molecule has 1 fully saturated rings. The maximum Gasteiger partial charge on any atom is 0.408 e. The Morgan fingerprint density at radius 2 is 2.25 bits per heavy atom. The van der Waals surface area contributed by atoms with E-state index >= 15 is 0 Å². The summed E-state index contributed by atoms with van der Waals surface area (Å²) in [6, 6.07) is -0.211. The predicted octanol–water partition coefficient (Wildman–Crippen LogP) is 0.900. The van der Waals surface area contributed by atoms with E-state index in [1.165, 1.54) is 4.90 Å². The highest BCUT2D eigenvalue weighted by molar-refractivity contribution is 5.67. The van der Waals surface area contributed by atoms with Gasteiger partial charge in [0.2, 0.25) is 0 Å². The van der Waals surface area contributed by atoms with Crippen LogP contribution in [0.25, 0.3) is 0 Å². The van der Waals surface area contributed by atoms with Crippen LogP contribution in [0.5, 0.6) is 0 Å². The standard InChI is InChI=1S/C8H15NO3/c1-8(2)4-3-6(5-10)9(8)7(11)12/h6,10H,3-5H2,1-2H3,(H,11,12)/t6-/m1/s1. The van der Waals surface area contributed by atoms with Crippen LogP contribution < -0.4 is 0 Å². The van der Waals surface area contributed by atoms with Gasteiger partial charge in [0.25, 0.3) is 0 Å². The Balaban J connectivity index is 2.80. The lowest BCUT2D eigenvalue weighted by molar-refractivity contribution is 0.0759. The van der Waals surface area contributed by atoms with Gasteiger partial charge >= 0.3 is 6.09 Å². The van der Waals surface area contributed by atoms with Crippen molar-refractivity contribution < 1.29 is 15.0 Å². The topological polar surface area (TPSA) is 60.8 Å². The monoisotopic (exact) mass is 173 g/mol. The first-order chi connectivity index (χ1) is 5.49. The van der Waals surface area contributed by atoms with E-state index in [4.69, 9.17) is 10.2 Å². The van der Waals surface area contributed by atoms with E-state index in [0.717, 1.165) is 12.8 Å². The molecule has 1 amide bonds. The molecule has 0 unspecified atom stereocenters. The molecule has 0 aromatic rings. The Labute approximate surface area is 71.8 Å². The number of carbonyl (C=O) groups is 1. The third-order valence-corrected chi connectivity index (χ3v) is 2.52. The SMILES string of the molecule is CC1(C)CC[C@H](CO)N1C(=O)O. The number of carboxylic acid groups (broad SMARTS) is 1. The first-order valence-electron chi connectivity index (χ1n) is 4.12. The summed E-state index contributed by atoms with van der Waals surface area (Å²) in [5.74, 6) is 0. The molecular weight excluding hydrogens is 158 g/mol. The zero-order chi connectivity index (χ0) is 9.35. The second-order valence-corrected chi connectivity index (χ2v) is 3.84. The minimum Gasteiger partial charge on any atom is -0.465 e. The number of hydrogen-bond acceptors (Lipinski definition) is 2. The average Bonchev–Trinajstić information content (AvgIpc) is 2.24. The van der Waals surface area contributed by atoms with Crippen molar-refractivity contribution in [3.05, 3.63) is 0 Å². The molecule has 4 nitrogen and oxygen atoms in total. The fourth-order valence-corrected chi connectivity index (χ4v) is 1.85. The Bertz CT molecular complexity index is 191. The van der Waals surface area contributed by atoms with Crippen molar-refractivity contribution in [3.8, 4) is 0 Å². The van der Waals surface area contributed by atoms with E-state index in [2.05, 4.69) is 0 Å². The highest BCUT2D eigenvalue weighted by atomic mass is 16.4. The maximum absolute atomic E-state index is 10.8. The number of nitrogens with zero attached hydrogens (tertiary/aromatic N) is 1. The van der Waals surface area contributed by atoms with Crippen LogP contribution in [0, 0.1) is 0 Å². The molecule has 70 valence electrons. The fraction of sp³-hybridized carbons (Fsp3) is 0.875. The lowest BCUT2D eigenvalue weighted by atomic mass is 10.0. The summed E-state index contributed by atoms with van der Waals surface area (Å²) in [7, 11) is 0. The summed E-state index contributed by atoms with van der Waals surface area (Å²) in [6.45, 7) is 3.70. The van der Waals surface area contributed by atoms with Gasteiger partial charge in [-0.2, -0.15) is 0 Å². The molecule has 1 saturated heterocycles. The van der Waals surface area contributed by atoms with Crippen LogP contribution in [-0.4, -0.2) is 39.4 Å². The number of likely N-dealkylation sites (tertiary alicyclic amines) is 1. The molecule has 4 heteroatoms. The van der Waals surface area contributed by atoms with Gasteiger partial charge < -0.3 is 10.2 Å². The molecule has 2 N–H and O–H groups in total. The largest absolute Gasteiger partial charge is 0.465 e. The normalized spacial score (nSPS) is 27.6. The van der Waals surface area contributed by atoms with Crippen LogP contribution >= 0.6 is 0 Å². The predicted molar refractivity (Wildman–Crippen MR) is 44.1 cm³/mol. The number of amides is 1. The van der Waals surface area contributed by atoms with Crippen LogP contribution in [0.2, 0.25) is 0 Å². The molecule has 0 radical (unpaired) electrons. The zero-order valence-corrected chi connectivity index (χ0v) is 7.45. The first-order valence-corrected chi connectivity index (χ1v) is 4.12. The summed E-state index contributed by atoms with van der Waals surface area (Å²) in [6.07, 6.45) is 0.650. The minimum absolute atomic E-state index is 0.0737. The van der Waals surface area contributed by atoms with Crippen molar-refractivity contribution in [2.45, 2.75) is 38.3 Å². The van der Waals surface area contributed by atoms with Gasteiger partial charge in [0.1, 0.15) is 0 Å². The molecule has 0 aliphatic carbocycles. The van der Waals surface area contributed by atoms with Crippen LogP contribution in [0.15, 0.2) is 0 Å². The molecule has 1 rings (SSSR count). The molecule has 0 bridgehead atoms. The number of hydrogen-bond donors (Lipinski definition) is 2. The van der Waals surface area contributed by atoms with Gasteiger partial charge in [-0.1, -0.05) is 0 Å². The third-order valence-electron chi connectivity index (χ3n) is 2.52. The quantitative estimate of drug-likeness (QED) is 0.619. The van der Waals surface area contributed by atoms with E-state index in [-0.39, 0.29) is 18.2 Å². The lowest BCUT2D eigenvalue weighted by Crippen LogP contribution is -2.47. The zero-order valence-electron chi connectivity index (χ0n) is 7.45. The number of aliphatic hydroxyl groups excluding tert-OH is 1. The Morgan fingerprint density at radius 3 is 2.58 bits per heavy atom. The molecule has 1 aliphatic heterocycles. The molecule has 0 saturated carbocycles.